The lowest BCUT2D eigenvalue weighted by Gasteiger charge is -2.14. The fraction of sp³-hybridized carbons (Fsp3) is 0.167. The van der Waals surface area contributed by atoms with Crippen molar-refractivity contribution >= 4 is 52.9 Å². The maximum Gasteiger partial charge on any atom is 0.321 e. The summed E-state index contributed by atoms with van der Waals surface area (Å²) in [7, 11) is 0. The van der Waals surface area contributed by atoms with Gasteiger partial charge in [0.2, 0.25) is 0 Å². The average molecular weight is 486 g/mol. The van der Waals surface area contributed by atoms with Crippen LogP contribution in [0, 0.1) is 0 Å². The molecule has 3 aromatic rings. The van der Waals surface area contributed by atoms with Crippen molar-refractivity contribution in [1.82, 2.24) is 9.97 Å². The molecule has 9 heteroatoms. The molecule has 2 aromatic carbocycles. The molecule has 0 fully saturated rings. The largest absolute Gasteiger partial charge is 0.462 e. The summed E-state index contributed by atoms with van der Waals surface area (Å²) in [6.45, 7) is 5.92. The van der Waals surface area contributed by atoms with Gasteiger partial charge in [-0.15, -0.1) is 0 Å². The van der Waals surface area contributed by atoms with Gasteiger partial charge in [-0.2, -0.15) is 0 Å². The molecule has 33 heavy (non-hydrogen) atoms. The Morgan fingerprint density at radius 1 is 1.00 bits per heavy atom. The number of rotatable bonds is 4. The summed E-state index contributed by atoms with van der Waals surface area (Å²) < 4.78 is 10.3. The standard InChI is InChI=1S/C19H11Cl2N3O2.C5H10O2/c20-12-3-5-17(26-19-22-6-1-7-23-19)11(8-12)9-15-14-4-2-13(21)10-16(14)24-18(15)25;1-5(2,3)7-4-6/h1-10H,(H,24,25);4H,1-3H3. The Morgan fingerprint density at radius 3 is 2.30 bits per heavy atom. The molecular weight excluding hydrogens is 465 g/mol. The molecule has 1 aliphatic heterocycles. The highest BCUT2D eigenvalue weighted by Crippen LogP contribution is 2.37. The van der Waals surface area contributed by atoms with Gasteiger partial charge < -0.3 is 14.8 Å². The molecule has 1 N–H and O–H groups in total. The highest BCUT2D eigenvalue weighted by molar-refractivity contribution is 6.37. The number of nitrogens with zero attached hydrogens (tertiary/aromatic N) is 2. The molecule has 1 aliphatic rings. The van der Waals surface area contributed by atoms with Crippen LogP contribution in [0.15, 0.2) is 54.9 Å². The van der Waals surface area contributed by atoms with Crippen molar-refractivity contribution in [2.45, 2.75) is 26.4 Å². The first-order valence-corrected chi connectivity index (χ1v) is 10.6. The zero-order valence-corrected chi connectivity index (χ0v) is 19.6. The molecule has 1 aromatic heterocycles. The molecule has 0 radical (unpaired) electrons. The number of carbonyl (C=O) groups is 2. The summed E-state index contributed by atoms with van der Waals surface area (Å²) in [5, 5.41) is 3.88. The predicted molar refractivity (Wildman–Crippen MR) is 128 cm³/mol. The second-order valence-electron chi connectivity index (χ2n) is 7.84. The number of ether oxygens (including phenoxy) is 2. The van der Waals surface area contributed by atoms with Crippen molar-refractivity contribution in [1.29, 1.82) is 0 Å². The van der Waals surface area contributed by atoms with Crippen LogP contribution in [0.3, 0.4) is 0 Å². The summed E-state index contributed by atoms with van der Waals surface area (Å²) in [6, 6.07) is 12.3. The SMILES string of the molecule is CC(C)(C)OC=O.O=C1Nc2cc(Cl)ccc2C1=Cc1cc(Cl)ccc1Oc1ncccn1. The number of hydrogen-bond donors (Lipinski definition) is 1. The van der Waals surface area contributed by atoms with Crippen LogP contribution in [0.5, 0.6) is 11.8 Å². The first-order chi connectivity index (χ1) is 15.7. The van der Waals surface area contributed by atoms with Crippen molar-refractivity contribution in [2.75, 3.05) is 5.32 Å². The number of nitrogens with one attached hydrogen (secondary N) is 1. The highest BCUT2D eigenvalue weighted by atomic mass is 35.5. The summed E-state index contributed by atoms with van der Waals surface area (Å²) in [5.41, 5.74) is 2.25. The van der Waals surface area contributed by atoms with Gasteiger partial charge in [-0.05, 0) is 63.2 Å². The van der Waals surface area contributed by atoms with Crippen LogP contribution in [-0.4, -0.2) is 27.9 Å². The third-order valence-electron chi connectivity index (χ3n) is 4.18. The van der Waals surface area contributed by atoms with Gasteiger partial charge in [-0.25, -0.2) is 9.97 Å². The summed E-state index contributed by atoms with van der Waals surface area (Å²) in [6.07, 6.45) is 4.89. The number of hydrogen-bond acceptors (Lipinski definition) is 6. The van der Waals surface area contributed by atoms with Crippen LogP contribution >= 0.6 is 23.2 Å². The quantitative estimate of drug-likeness (QED) is 0.358. The van der Waals surface area contributed by atoms with Crippen molar-refractivity contribution < 1.29 is 19.1 Å². The first-order valence-electron chi connectivity index (χ1n) is 9.85. The molecule has 2 heterocycles. The number of halogens is 2. The molecule has 0 bridgehead atoms. The van der Waals surface area contributed by atoms with Gasteiger partial charge in [0.25, 0.3) is 12.4 Å². The molecule has 170 valence electrons. The van der Waals surface area contributed by atoms with Gasteiger partial charge in [-0.1, -0.05) is 29.3 Å². The Kier molecular flexibility index (Phi) is 7.68. The zero-order chi connectivity index (χ0) is 24.0. The van der Waals surface area contributed by atoms with Crippen molar-refractivity contribution in [3.05, 3.63) is 76.0 Å². The summed E-state index contributed by atoms with van der Waals surface area (Å²) in [4.78, 5) is 30.1. The number of aromatic nitrogens is 2. The van der Waals surface area contributed by atoms with Crippen LogP contribution in [0.25, 0.3) is 11.6 Å². The van der Waals surface area contributed by atoms with Gasteiger partial charge in [0.1, 0.15) is 11.4 Å². The minimum absolute atomic E-state index is 0.206. The second-order valence-corrected chi connectivity index (χ2v) is 8.72. The number of fused-ring (bicyclic) bond motifs is 1. The van der Waals surface area contributed by atoms with Gasteiger partial charge >= 0.3 is 6.01 Å². The van der Waals surface area contributed by atoms with E-state index < -0.39 is 0 Å². The highest BCUT2D eigenvalue weighted by Gasteiger charge is 2.24. The number of benzene rings is 2. The Hall–Kier alpha value is -3.42. The minimum Gasteiger partial charge on any atom is -0.462 e. The van der Waals surface area contributed by atoms with E-state index in [0.717, 1.165) is 5.56 Å². The molecule has 0 saturated heterocycles. The normalized spacial score (nSPS) is 13.5. The lowest BCUT2D eigenvalue weighted by atomic mass is 10.0. The Balaban J connectivity index is 0.000000383. The number of carbonyl (C=O) groups excluding carboxylic acids is 2. The molecule has 0 unspecified atom stereocenters. The zero-order valence-electron chi connectivity index (χ0n) is 18.1. The van der Waals surface area contributed by atoms with Crippen molar-refractivity contribution in [3.63, 3.8) is 0 Å². The third kappa shape index (κ3) is 6.78. The molecule has 0 atom stereocenters. The van der Waals surface area contributed by atoms with Crippen molar-refractivity contribution in [3.8, 4) is 11.8 Å². The Bertz CT molecular complexity index is 1190. The molecule has 1 amide bonds. The van der Waals surface area contributed by atoms with Crippen molar-refractivity contribution in [2.24, 2.45) is 0 Å². The van der Waals surface area contributed by atoms with E-state index in [2.05, 4.69) is 20.0 Å². The van der Waals surface area contributed by atoms with Gasteiger partial charge in [0, 0.05) is 39.1 Å². The van der Waals surface area contributed by atoms with Crippen LogP contribution in [0.4, 0.5) is 5.69 Å². The topological polar surface area (TPSA) is 90.4 Å². The molecule has 0 aliphatic carbocycles. The van der Waals surface area contributed by atoms with Gasteiger partial charge in [0.15, 0.2) is 0 Å². The van der Waals surface area contributed by atoms with E-state index in [1.807, 2.05) is 20.8 Å². The van der Waals surface area contributed by atoms with Crippen LogP contribution < -0.4 is 10.1 Å². The fourth-order valence-corrected chi connectivity index (χ4v) is 3.12. The van der Waals surface area contributed by atoms with E-state index in [9.17, 15) is 9.59 Å². The summed E-state index contributed by atoms with van der Waals surface area (Å²) >= 11 is 12.1. The molecule has 7 nitrogen and oxygen atoms in total. The monoisotopic (exact) mass is 485 g/mol. The Morgan fingerprint density at radius 2 is 1.67 bits per heavy atom. The lowest BCUT2D eigenvalue weighted by molar-refractivity contribution is -0.138. The first kappa shape index (κ1) is 24.2. The third-order valence-corrected chi connectivity index (χ3v) is 4.65. The molecule has 0 saturated carbocycles. The van der Waals surface area contributed by atoms with E-state index in [4.69, 9.17) is 27.9 Å². The number of anilines is 1. The van der Waals surface area contributed by atoms with E-state index in [1.54, 1.807) is 60.9 Å². The average Bonchev–Trinajstić information content (AvgIpc) is 3.04. The maximum atomic E-state index is 12.4. The minimum atomic E-state index is -0.318. The van der Waals surface area contributed by atoms with E-state index >= 15 is 0 Å². The molecule has 0 spiro atoms. The van der Waals surface area contributed by atoms with Crippen LogP contribution in [0.2, 0.25) is 10.0 Å². The second kappa shape index (κ2) is 10.5. The van der Waals surface area contributed by atoms with E-state index in [0.29, 0.717) is 39.1 Å². The van der Waals surface area contributed by atoms with Crippen LogP contribution in [0.1, 0.15) is 31.9 Å². The van der Waals surface area contributed by atoms with E-state index in [1.165, 1.54) is 0 Å². The molecule has 4 rings (SSSR count). The Labute approximate surface area is 201 Å². The maximum absolute atomic E-state index is 12.4. The van der Waals surface area contributed by atoms with E-state index in [-0.39, 0.29) is 17.5 Å². The molecular formula is C24H21Cl2N3O4. The van der Waals surface area contributed by atoms with Crippen LogP contribution in [-0.2, 0) is 14.3 Å². The predicted octanol–water partition coefficient (Wildman–Crippen LogP) is 6.03. The summed E-state index contributed by atoms with van der Waals surface area (Å²) in [5.74, 6) is 0.271. The lowest BCUT2D eigenvalue weighted by Crippen LogP contribution is -2.17. The fourth-order valence-electron chi connectivity index (χ4n) is 2.77. The smallest absolute Gasteiger partial charge is 0.321 e. The van der Waals surface area contributed by atoms with Gasteiger partial charge in [-0.3, -0.25) is 9.59 Å². The van der Waals surface area contributed by atoms with Gasteiger partial charge in [0.05, 0.1) is 5.69 Å². The number of amides is 1.